The molecule has 0 aliphatic heterocycles. The first-order valence-electron chi connectivity index (χ1n) is 11.1. The van der Waals surface area contributed by atoms with Crippen LogP contribution in [0.1, 0.15) is 76.7 Å². The summed E-state index contributed by atoms with van der Waals surface area (Å²) in [6, 6.07) is 7.00. The van der Waals surface area contributed by atoms with E-state index in [2.05, 4.69) is 6.92 Å². The molecule has 1 aliphatic rings. The first-order valence-corrected chi connectivity index (χ1v) is 11.1. The lowest BCUT2D eigenvalue weighted by molar-refractivity contribution is -0.120. The molecule has 30 heavy (non-hydrogen) atoms. The third-order valence-electron chi connectivity index (χ3n) is 5.62. The number of aliphatic hydroxyl groups is 2. The second-order valence-corrected chi connectivity index (χ2v) is 7.92. The minimum Gasteiger partial charge on any atom is -0.504 e. The Morgan fingerprint density at radius 3 is 1.80 bits per heavy atom. The molecule has 5 nitrogen and oxygen atoms in total. The molecule has 5 heteroatoms. The minimum atomic E-state index is -0.658. The highest BCUT2D eigenvalue weighted by Crippen LogP contribution is 2.28. The van der Waals surface area contributed by atoms with Crippen LogP contribution in [0.3, 0.4) is 0 Å². The van der Waals surface area contributed by atoms with Crippen LogP contribution in [0.4, 0.5) is 0 Å². The van der Waals surface area contributed by atoms with E-state index in [0.29, 0.717) is 18.6 Å². The Labute approximate surface area is 179 Å². The molecule has 1 aromatic rings. The van der Waals surface area contributed by atoms with Gasteiger partial charge in [0.05, 0.1) is 12.7 Å². The number of hydrogen-bond donors (Lipinski definition) is 2. The van der Waals surface area contributed by atoms with Gasteiger partial charge in [0, 0.05) is 12.0 Å². The number of ether oxygens (including phenoxy) is 1. The maximum atomic E-state index is 12.6. The Morgan fingerprint density at radius 1 is 0.733 bits per heavy atom. The molecule has 0 heterocycles. The van der Waals surface area contributed by atoms with Gasteiger partial charge >= 0.3 is 0 Å². The van der Waals surface area contributed by atoms with E-state index >= 15 is 0 Å². The lowest BCUT2D eigenvalue weighted by Crippen LogP contribution is -2.25. The number of carbonyl (C=O) groups excluding carboxylic acids is 2. The SMILES string of the molecule is CCCCCCCCCCCC1=C(O)C(=O)C(Cc2ccc(OC)cc2)=C(O)C1=O. The largest absolute Gasteiger partial charge is 0.504 e. The highest BCUT2D eigenvalue weighted by atomic mass is 16.5. The van der Waals surface area contributed by atoms with Crippen molar-refractivity contribution in [3.63, 3.8) is 0 Å². The van der Waals surface area contributed by atoms with Gasteiger partial charge in [-0.25, -0.2) is 0 Å². The number of allylic oxidation sites excluding steroid dienone is 2. The van der Waals surface area contributed by atoms with Crippen molar-refractivity contribution in [1.82, 2.24) is 0 Å². The van der Waals surface area contributed by atoms with Gasteiger partial charge in [-0.2, -0.15) is 0 Å². The van der Waals surface area contributed by atoms with E-state index in [4.69, 9.17) is 4.74 Å². The van der Waals surface area contributed by atoms with Crippen molar-refractivity contribution in [3.05, 3.63) is 52.5 Å². The fraction of sp³-hybridized carbons (Fsp3) is 0.520. The molecule has 0 radical (unpaired) electrons. The van der Waals surface area contributed by atoms with Crippen molar-refractivity contribution in [2.75, 3.05) is 7.11 Å². The molecule has 164 valence electrons. The topological polar surface area (TPSA) is 83.8 Å². The number of ketones is 2. The molecule has 0 unspecified atom stereocenters. The van der Waals surface area contributed by atoms with Crippen molar-refractivity contribution in [2.24, 2.45) is 0 Å². The summed E-state index contributed by atoms with van der Waals surface area (Å²) < 4.78 is 5.10. The van der Waals surface area contributed by atoms with Crippen LogP contribution in [0, 0.1) is 0 Å². The van der Waals surface area contributed by atoms with Crippen LogP contribution in [0.2, 0.25) is 0 Å². The van der Waals surface area contributed by atoms with E-state index in [1.165, 1.54) is 38.5 Å². The number of Topliss-reactive ketones (excluding diaryl/α,β-unsaturated/α-hetero) is 2. The summed E-state index contributed by atoms with van der Waals surface area (Å²) in [5, 5.41) is 20.7. The zero-order chi connectivity index (χ0) is 21.9. The van der Waals surface area contributed by atoms with E-state index in [9.17, 15) is 19.8 Å². The molecule has 0 spiro atoms. The molecule has 1 aliphatic carbocycles. The lowest BCUT2D eigenvalue weighted by Gasteiger charge is -2.18. The van der Waals surface area contributed by atoms with Crippen LogP contribution < -0.4 is 4.74 Å². The predicted molar refractivity (Wildman–Crippen MR) is 118 cm³/mol. The lowest BCUT2D eigenvalue weighted by atomic mass is 9.87. The van der Waals surface area contributed by atoms with Crippen molar-refractivity contribution in [2.45, 2.75) is 77.6 Å². The molecule has 1 aromatic carbocycles. The molecule has 2 N–H and O–H groups in total. The van der Waals surface area contributed by atoms with Gasteiger partial charge in [0.1, 0.15) is 5.75 Å². The second kappa shape index (κ2) is 12.2. The van der Waals surface area contributed by atoms with Gasteiger partial charge in [-0.1, -0.05) is 70.4 Å². The van der Waals surface area contributed by atoms with E-state index in [1.54, 1.807) is 31.4 Å². The first-order chi connectivity index (χ1) is 14.5. The maximum Gasteiger partial charge on any atom is 0.227 e. The summed E-state index contributed by atoms with van der Waals surface area (Å²) in [4.78, 5) is 25.1. The van der Waals surface area contributed by atoms with Crippen LogP contribution in [-0.2, 0) is 16.0 Å². The van der Waals surface area contributed by atoms with Crippen molar-refractivity contribution >= 4 is 11.6 Å². The molecule has 0 bridgehead atoms. The fourth-order valence-electron chi connectivity index (χ4n) is 3.73. The summed E-state index contributed by atoms with van der Waals surface area (Å²) in [6.45, 7) is 2.20. The van der Waals surface area contributed by atoms with E-state index < -0.39 is 23.1 Å². The zero-order valence-electron chi connectivity index (χ0n) is 18.2. The first kappa shape index (κ1) is 23.7. The summed E-state index contributed by atoms with van der Waals surface area (Å²) in [6.07, 6.45) is 10.6. The monoisotopic (exact) mass is 414 g/mol. The third kappa shape index (κ3) is 6.48. The van der Waals surface area contributed by atoms with Crippen LogP contribution >= 0.6 is 0 Å². The van der Waals surface area contributed by atoms with Gasteiger partial charge in [-0.15, -0.1) is 0 Å². The smallest absolute Gasteiger partial charge is 0.227 e. The third-order valence-corrected chi connectivity index (χ3v) is 5.62. The number of unbranched alkanes of at least 4 members (excludes halogenated alkanes) is 8. The Balaban J connectivity index is 1.87. The minimum absolute atomic E-state index is 0.0407. The number of rotatable bonds is 13. The number of aliphatic hydroxyl groups excluding tert-OH is 2. The molecular weight excluding hydrogens is 380 g/mol. The highest BCUT2D eigenvalue weighted by Gasteiger charge is 2.34. The van der Waals surface area contributed by atoms with E-state index in [1.807, 2.05) is 0 Å². The number of carbonyl (C=O) groups is 2. The Kier molecular flexibility index (Phi) is 9.65. The van der Waals surface area contributed by atoms with Gasteiger partial charge in [0.2, 0.25) is 11.6 Å². The quantitative estimate of drug-likeness (QED) is 0.308. The summed E-state index contributed by atoms with van der Waals surface area (Å²) >= 11 is 0. The molecule has 0 amide bonds. The number of methoxy groups -OCH3 is 1. The Morgan fingerprint density at radius 2 is 1.23 bits per heavy atom. The fourth-order valence-corrected chi connectivity index (χ4v) is 3.73. The van der Waals surface area contributed by atoms with Crippen molar-refractivity contribution in [1.29, 1.82) is 0 Å². The van der Waals surface area contributed by atoms with Gasteiger partial charge < -0.3 is 14.9 Å². The van der Waals surface area contributed by atoms with Gasteiger partial charge in [0.15, 0.2) is 11.5 Å². The zero-order valence-corrected chi connectivity index (χ0v) is 18.2. The standard InChI is InChI=1S/C25H34O5/c1-3-4-5-6-7-8-9-10-11-12-20-22(26)24(28)21(25(29)23(20)27)17-18-13-15-19(30-2)16-14-18/h13-16,26,29H,3-12,17H2,1-2H3. The molecule has 0 aromatic heterocycles. The highest BCUT2D eigenvalue weighted by molar-refractivity contribution is 6.23. The average Bonchev–Trinajstić information content (AvgIpc) is 2.76. The van der Waals surface area contributed by atoms with Gasteiger partial charge in [-0.05, 0) is 30.5 Å². The normalized spacial score (nSPS) is 14.6. The van der Waals surface area contributed by atoms with Crippen LogP contribution in [0.5, 0.6) is 5.75 Å². The summed E-state index contributed by atoms with van der Waals surface area (Å²) in [5.74, 6) is -1.67. The summed E-state index contributed by atoms with van der Waals surface area (Å²) in [7, 11) is 1.56. The van der Waals surface area contributed by atoms with Crippen LogP contribution in [0.15, 0.2) is 46.9 Å². The molecule has 0 saturated heterocycles. The van der Waals surface area contributed by atoms with Gasteiger partial charge in [0.25, 0.3) is 0 Å². The maximum absolute atomic E-state index is 12.6. The summed E-state index contributed by atoms with van der Waals surface area (Å²) in [5.41, 5.74) is 0.728. The molecule has 0 fully saturated rings. The van der Waals surface area contributed by atoms with Crippen LogP contribution in [-0.4, -0.2) is 28.9 Å². The molecule has 0 saturated carbocycles. The Hall–Kier alpha value is -2.56. The van der Waals surface area contributed by atoms with Crippen molar-refractivity contribution < 1.29 is 24.5 Å². The Bertz CT molecular complexity index is 786. The number of hydrogen-bond acceptors (Lipinski definition) is 5. The van der Waals surface area contributed by atoms with E-state index in [0.717, 1.165) is 18.4 Å². The molecular formula is C25H34O5. The molecule has 0 atom stereocenters. The van der Waals surface area contributed by atoms with Gasteiger partial charge in [-0.3, -0.25) is 9.59 Å². The second-order valence-electron chi connectivity index (χ2n) is 7.92. The molecule has 2 rings (SSSR count). The predicted octanol–water partition coefficient (Wildman–Crippen LogP) is 5.93. The number of benzene rings is 1. The van der Waals surface area contributed by atoms with Crippen LogP contribution in [0.25, 0.3) is 0 Å². The van der Waals surface area contributed by atoms with Crippen molar-refractivity contribution in [3.8, 4) is 5.75 Å². The average molecular weight is 415 g/mol. The van der Waals surface area contributed by atoms with E-state index in [-0.39, 0.29) is 17.6 Å².